The minimum absolute atomic E-state index is 0.0146. The predicted octanol–water partition coefficient (Wildman–Crippen LogP) is 2.80. The molecule has 0 aromatic heterocycles. The topological polar surface area (TPSA) is 90.9 Å². The van der Waals surface area contributed by atoms with Gasteiger partial charge in [0.05, 0.1) is 6.61 Å². The lowest BCUT2D eigenvalue weighted by Gasteiger charge is -2.20. The molecule has 9 heteroatoms. The fourth-order valence-electron chi connectivity index (χ4n) is 2.77. The van der Waals surface area contributed by atoms with Crippen molar-refractivity contribution < 1.29 is 23.7 Å². The Kier molecular flexibility index (Phi) is 5.12. The zero-order chi connectivity index (χ0) is 19.7. The van der Waals surface area contributed by atoms with E-state index in [2.05, 4.69) is 5.32 Å². The van der Waals surface area contributed by atoms with Crippen molar-refractivity contribution >= 4 is 13.6 Å². The maximum atomic E-state index is 13.0. The minimum atomic E-state index is -2.89. The van der Waals surface area contributed by atoms with E-state index in [1.165, 1.54) is 6.07 Å². The lowest BCUT2D eigenvalue weighted by molar-refractivity contribution is 0.0963. The molecule has 2 fully saturated rings. The molecule has 0 unspecified atom stereocenters. The first-order valence-electron chi connectivity index (χ1n) is 9.07. The van der Waals surface area contributed by atoms with Crippen molar-refractivity contribution in [2.75, 3.05) is 33.2 Å². The molecule has 2 saturated heterocycles. The van der Waals surface area contributed by atoms with Gasteiger partial charge in [-0.2, -0.15) is 0 Å². The van der Waals surface area contributed by atoms with Gasteiger partial charge in [-0.3, -0.25) is 9.36 Å². The van der Waals surface area contributed by atoms with Crippen LogP contribution in [0.1, 0.15) is 15.9 Å². The monoisotopic (exact) mass is 403 g/mol. The van der Waals surface area contributed by atoms with E-state index in [9.17, 15) is 14.5 Å². The summed E-state index contributed by atoms with van der Waals surface area (Å²) in [6, 6.07) is 11.5. The van der Waals surface area contributed by atoms with E-state index in [0.29, 0.717) is 11.3 Å². The number of phenolic OH excluding ortho intramolecular Hbond substituents is 1. The first-order chi connectivity index (χ1) is 13.5. The van der Waals surface area contributed by atoms with Crippen LogP contribution in [-0.2, 0) is 15.7 Å². The maximum absolute atomic E-state index is 13.0. The summed E-state index contributed by atoms with van der Waals surface area (Å²) in [6.07, 6.45) is 0. The molecule has 4 rings (SSSR count). The van der Waals surface area contributed by atoms with Crippen LogP contribution in [0.15, 0.2) is 42.5 Å². The molecule has 1 amide bonds. The second-order valence-electron chi connectivity index (χ2n) is 6.68. The quantitative estimate of drug-likeness (QED) is 0.517. The highest BCUT2D eigenvalue weighted by Gasteiger charge is 2.49. The number of nitrogens with one attached hydrogen (secondary N) is 1. The van der Waals surface area contributed by atoms with Crippen LogP contribution in [0.2, 0.25) is 0 Å². The Labute approximate surface area is 163 Å². The Morgan fingerprint density at radius 2 is 1.75 bits per heavy atom. The van der Waals surface area contributed by atoms with Gasteiger partial charge in [-0.1, -0.05) is 6.07 Å². The third-order valence-electron chi connectivity index (χ3n) is 4.56. The van der Waals surface area contributed by atoms with Gasteiger partial charge in [-0.25, -0.2) is 9.34 Å². The Bertz CT molecular complexity index is 910. The molecule has 0 saturated carbocycles. The van der Waals surface area contributed by atoms with Crippen molar-refractivity contribution in [1.82, 2.24) is 14.7 Å². The largest absolute Gasteiger partial charge is 0.504 e. The molecular weight excluding hydrogens is 381 g/mol. The molecule has 0 spiro atoms. The molecule has 2 aliphatic heterocycles. The van der Waals surface area contributed by atoms with Gasteiger partial charge < -0.3 is 19.7 Å². The molecule has 0 bridgehead atoms. The van der Waals surface area contributed by atoms with E-state index in [1.807, 2.05) is 9.34 Å². The molecule has 2 heterocycles. The Morgan fingerprint density at radius 1 is 1.11 bits per heavy atom. The summed E-state index contributed by atoms with van der Waals surface area (Å²) >= 11 is 0. The summed E-state index contributed by atoms with van der Waals surface area (Å²) in [5, 5.41) is 12.7. The van der Waals surface area contributed by atoms with Crippen LogP contribution in [-0.4, -0.2) is 53.6 Å². The molecule has 2 N–H and O–H groups in total. The zero-order valence-corrected chi connectivity index (χ0v) is 16.4. The number of hydrogen-bond donors (Lipinski definition) is 2. The molecule has 2 aromatic rings. The maximum Gasteiger partial charge on any atom is 0.346 e. The number of benzene rings is 2. The SMILES string of the molecule is CNC(=O)c1ccc(Oc2cc(COP(=O)(N3CC3)N3CC3)ccc2O)cc1. The first kappa shape index (κ1) is 19.0. The van der Waals surface area contributed by atoms with Gasteiger partial charge in [0.1, 0.15) is 5.75 Å². The average molecular weight is 403 g/mol. The van der Waals surface area contributed by atoms with E-state index >= 15 is 0 Å². The van der Waals surface area contributed by atoms with Gasteiger partial charge in [0.2, 0.25) is 0 Å². The minimum Gasteiger partial charge on any atom is -0.504 e. The molecule has 148 valence electrons. The van der Waals surface area contributed by atoms with Crippen molar-refractivity contribution in [3.63, 3.8) is 0 Å². The van der Waals surface area contributed by atoms with Crippen LogP contribution in [0.4, 0.5) is 0 Å². The number of aromatic hydroxyl groups is 1. The van der Waals surface area contributed by atoms with Gasteiger partial charge >= 0.3 is 7.67 Å². The second-order valence-corrected chi connectivity index (χ2v) is 9.05. The summed E-state index contributed by atoms with van der Waals surface area (Å²) in [4.78, 5) is 11.6. The van der Waals surface area contributed by atoms with Crippen molar-refractivity contribution in [3.05, 3.63) is 53.6 Å². The number of carbonyl (C=O) groups is 1. The van der Waals surface area contributed by atoms with Crippen molar-refractivity contribution in [2.45, 2.75) is 6.61 Å². The van der Waals surface area contributed by atoms with E-state index < -0.39 is 7.67 Å². The summed E-state index contributed by atoms with van der Waals surface area (Å²) in [7, 11) is -1.33. The van der Waals surface area contributed by atoms with Gasteiger partial charge in [0, 0.05) is 38.8 Å². The highest BCUT2D eigenvalue weighted by molar-refractivity contribution is 7.54. The van der Waals surface area contributed by atoms with Crippen LogP contribution in [0.5, 0.6) is 17.2 Å². The van der Waals surface area contributed by atoms with Crippen LogP contribution < -0.4 is 10.1 Å². The molecule has 2 aliphatic rings. The van der Waals surface area contributed by atoms with E-state index in [1.54, 1.807) is 43.4 Å². The van der Waals surface area contributed by atoms with Crippen molar-refractivity contribution in [1.29, 1.82) is 0 Å². The lowest BCUT2D eigenvalue weighted by Crippen LogP contribution is -2.17. The predicted molar refractivity (Wildman–Crippen MR) is 104 cm³/mol. The van der Waals surface area contributed by atoms with Crippen LogP contribution in [0, 0.1) is 0 Å². The van der Waals surface area contributed by atoms with Crippen LogP contribution in [0.3, 0.4) is 0 Å². The number of nitrogens with zero attached hydrogens (tertiary/aromatic N) is 2. The number of phenols is 1. The number of ether oxygens (including phenoxy) is 1. The van der Waals surface area contributed by atoms with E-state index in [-0.39, 0.29) is 24.0 Å². The zero-order valence-electron chi connectivity index (χ0n) is 15.5. The van der Waals surface area contributed by atoms with Gasteiger partial charge in [-0.05, 0) is 42.0 Å². The molecule has 28 heavy (non-hydrogen) atoms. The lowest BCUT2D eigenvalue weighted by atomic mass is 10.2. The molecule has 0 aliphatic carbocycles. The first-order valence-corrected chi connectivity index (χ1v) is 10.6. The standard InChI is InChI=1S/C19H22N3O5P/c1-20-19(24)15-3-5-16(6-4-15)27-18-12-14(2-7-17(18)23)13-26-28(25,21-8-9-21)22-10-11-22/h2-7,12,23H,8-11,13H2,1H3,(H,20,24). The number of carbonyl (C=O) groups excluding carboxylic acids is 1. The van der Waals surface area contributed by atoms with Gasteiger partial charge in [0.25, 0.3) is 5.91 Å². The molecule has 0 atom stereocenters. The van der Waals surface area contributed by atoms with Crippen molar-refractivity contribution in [2.24, 2.45) is 0 Å². The highest BCUT2D eigenvalue weighted by atomic mass is 31.2. The third kappa shape index (κ3) is 4.05. The molecule has 2 aromatic carbocycles. The average Bonchev–Trinajstić information content (AvgIpc) is 3.59. The van der Waals surface area contributed by atoms with Gasteiger partial charge in [-0.15, -0.1) is 0 Å². The van der Waals surface area contributed by atoms with Crippen LogP contribution in [0.25, 0.3) is 0 Å². The second kappa shape index (κ2) is 7.56. The third-order valence-corrected chi connectivity index (χ3v) is 7.25. The fourth-order valence-corrected chi connectivity index (χ4v) is 4.96. The Hall–Kier alpha value is -2.38. The molecule has 0 radical (unpaired) electrons. The summed E-state index contributed by atoms with van der Waals surface area (Å²) in [5.74, 6) is 0.553. The smallest absolute Gasteiger partial charge is 0.346 e. The summed E-state index contributed by atoms with van der Waals surface area (Å²) in [6.45, 7) is 3.34. The number of hydrogen-bond acceptors (Lipinski definition) is 5. The van der Waals surface area contributed by atoms with E-state index in [4.69, 9.17) is 9.26 Å². The fraction of sp³-hybridized carbons (Fsp3) is 0.316. The van der Waals surface area contributed by atoms with Crippen LogP contribution >= 0.6 is 7.67 Å². The number of rotatable bonds is 8. The van der Waals surface area contributed by atoms with Crippen molar-refractivity contribution in [3.8, 4) is 17.2 Å². The van der Waals surface area contributed by atoms with E-state index in [0.717, 1.165) is 31.7 Å². The van der Waals surface area contributed by atoms with Gasteiger partial charge in [0.15, 0.2) is 11.5 Å². The number of amides is 1. The Morgan fingerprint density at radius 3 is 2.32 bits per heavy atom. The highest BCUT2D eigenvalue weighted by Crippen LogP contribution is 2.61. The summed E-state index contributed by atoms with van der Waals surface area (Å²) < 4.78 is 28.2. The Balaban J connectivity index is 1.45. The molecular formula is C19H22N3O5P. The summed E-state index contributed by atoms with van der Waals surface area (Å²) in [5.41, 5.74) is 1.26. The molecule has 8 nitrogen and oxygen atoms in total. The normalized spacial score (nSPS) is 16.6.